The maximum atomic E-state index is 11.0. The maximum absolute atomic E-state index is 11.0. The molecule has 5 nitrogen and oxygen atoms in total. The van der Waals surface area contributed by atoms with E-state index in [0.29, 0.717) is 29.2 Å². The molecule has 0 aliphatic rings. The van der Waals surface area contributed by atoms with Crippen LogP contribution < -0.4 is 15.2 Å². The minimum atomic E-state index is -0.464. The molecule has 0 aliphatic heterocycles. The van der Waals surface area contributed by atoms with Crippen LogP contribution in [0.25, 0.3) is 0 Å². The van der Waals surface area contributed by atoms with E-state index in [1.807, 2.05) is 0 Å². The highest BCUT2D eigenvalue weighted by Crippen LogP contribution is 2.28. The lowest BCUT2D eigenvalue weighted by molar-refractivity contribution is 0.0999. The highest BCUT2D eigenvalue weighted by molar-refractivity contribution is 5.92. The van der Waals surface area contributed by atoms with Crippen LogP contribution in [0, 0.1) is 0 Å². The summed E-state index contributed by atoms with van der Waals surface area (Å²) in [7, 11) is 1.51. The standard InChI is InChI=1S/C16H15NO4/c1-20-15-8-12(9-18)4-7-14(15)21-10-11-2-5-13(6-3-11)16(17)19/h2-9H,10H2,1H3,(H2,17,19). The molecule has 0 saturated heterocycles. The van der Waals surface area contributed by atoms with Crippen molar-refractivity contribution in [3.8, 4) is 11.5 Å². The molecule has 2 N–H and O–H groups in total. The summed E-state index contributed by atoms with van der Waals surface area (Å²) < 4.78 is 10.8. The Labute approximate surface area is 122 Å². The molecular formula is C16H15NO4. The molecule has 2 rings (SSSR count). The molecule has 2 aromatic rings. The Morgan fingerprint density at radius 2 is 1.86 bits per heavy atom. The predicted octanol–water partition coefficient (Wildman–Crippen LogP) is 2.19. The van der Waals surface area contributed by atoms with Crippen LogP contribution >= 0.6 is 0 Å². The van der Waals surface area contributed by atoms with E-state index in [1.165, 1.54) is 7.11 Å². The van der Waals surface area contributed by atoms with Crippen molar-refractivity contribution in [2.75, 3.05) is 7.11 Å². The van der Waals surface area contributed by atoms with Gasteiger partial charge in [-0.15, -0.1) is 0 Å². The third kappa shape index (κ3) is 3.60. The van der Waals surface area contributed by atoms with E-state index >= 15 is 0 Å². The molecule has 1 amide bonds. The van der Waals surface area contributed by atoms with Gasteiger partial charge in [-0.3, -0.25) is 9.59 Å². The van der Waals surface area contributed by atoms with E-state index in [4.69, 9.17) is 15.2 Å². The van der Waals surface area contributed by atoms with Gasteiger partial charge in [-0.2, -0.15) is 0 Å². The lowest BCUT2D eigenvalue weighted by Gasteiger charge is -2.11. The predicted molar refractivity (Wildman–Crippen MR) is 77.7 cm³/mol. The normalized spacial score (nSPS) is 9.95. The van der Waals surface area contributed by atoms with Crippen molar-refractivity contribution >= 4 is 12.2 Å². The van der Waals surface area contributed by atoms with Crippen molar-refractivity contribution in [3.63, 3.8) is 0 Å². The summed E-state index contributed by atoms with van der Waals surface area (Å²) in [6, 6.07) is 11.8. The molecule has 0 saturated carbocycles. The van der Waals surface area contributed by atoms with E-state index in [0.717, 1.165) is 11.8 Å². The van der Waals surface area contributed by atoms with Crippen molar-refractivity contribution in [2.45, 2.75) is 6.61 Å². The fourth-order valence-electron chi connectivity index (χ4n) is 1.80. The molecule has 0 aromatic heterocycles. The second-order valence-corrected chi connectivity index (χ2v) is 4.38. The van der Waals surface area contributed by atoms with Crippen LogP contribution in [-0.4, -0.2) is 19.3 Å². The SMILES string of the molecule is COc1cc(C=O)ccc1OCc1ccc(C(N)=O)cc1. The molecule has 0 unspecified atom stereocenters. The van der Waals surface area contributed by atoms with Gasteiger partial charge in [-0.05, 0) is 35.9 Å². The number of hydrogen-bond acceptors (Lipinski definition) is 4. The van der Waals surface area contributed by atoms with Crippen LogP contribution in [0.3, 0.4) is 0 Å². The first-order valence-electron chi connectivity index (χ1n) is 6.29. The van der Waals surface area contributed by atoms with Gasteiger partial charge >= 0.3 is 0 Å². The number of nitrogens with two attached hydrogens (primary N) is 1. The summed E-state index contributed by atoms with van der Waals surface area (Å²) in [5.41, 5.74) is 7.04. The highest BCUT2D eigenvalue weighted by Gasteiger charge is 2.06. The van der Waals surface area contributed by atoms with Gasteiger partial charge in [0, 0.05) is 11.1 Å². The zero-order valence-electron chi connectivity index (χ0n) is 11.5. The molecule has 0 aliphatic carbocycles. The largest absolute Gasteiger partial charge is 0.493 e. The zero-order chi connectivity index (χ0) is 15.2. The number of aldehydes is 1. The third-order valence-electron chi connectivity index (χ3n) is 2.96. The van der Waals surface area contributed by atoms with Crippen LogP contribution in [0.4, 0.5) is 0 Å². The summed E-state index contributed by atoms with van der Waals surface area (Å²) in [6.45, 7) is 0.315. The van der Waals surface area contributed by atoms with Crippen LogP contribution in [-0.2, 0) is 6.61 Å². The first-order valence-corrected chi connectivity index (χ1v) is 6.29. The number of hydrogen-bond donors (Lipinski definition) is 1. The van der Waals surface area contributed by atoms with E-state index in [9.17, 15) is 9.59 Å². The fraction of sp³-hybridized carbons (Fsp3) is 0.125. The lowest BCUT2D eigenvalue weighted by atomic mass is 10.1. The van der Waals surface area contributed by atoms with Gasteiger partial charge in [0.15, 0.2) is 11.5 Å². The van der Waals surface area contributed by atoms with Crippen LogP contribution in [0.2, 0.25) is 0 Å². The number of amides is 1. The molecule has 5 heteroatoms. The fourth-order valence-corrected chi connectivity index (χ4v) is 1.80. The molecular weight excluding hydrogens is 270 g/mol. The monoisotopic (exact) mass is 285 g/mol. The number of methoxy groups -OCH3 is 1. The Kier molecular flexibility index (Phi) is 4.56. The van der Waals surface area contributed by atoms with E-state index in [1.54, 1.807) is 42.5 Å². The van der Waals surface area contributed by atoms with E-state index in [-0.39, 0.29) is 0 Å². The van der Waals surface area contributed by atoms with E-state index in [2.05, 4.69) is 0 Å². The van der Waals surface area contributed by atoms with Gasteiger partial charge in [-0.25, -0.2) is 0 Å². The molecule has 21 heavy (non-hydrogen) atoms. The van der Waals surface area contributed by atoms with Gasteiger partial charge in [-0.1, -0.05) is 12.1 Å². The molecule has 108 valence electrons. The van der Waals surface area contributed by atoms with Crippen molar-refractivity contribution in [3.05, 3.63) is 59.2 Å². The lowest BCUT2D eigenvalue weighted by Crippen LogP contribution is -2.10. The van der Waals surface area contributed by atoms with Gasteiger partial charge < -0.3 is 15.2 Å². The van der Waals surface area contributed by atoms with Gasteiger partial charge in [0.05, 0.1) is 7.11 Å². The maximum Gasteiger partial charge on any atom is 0.248 e. The topological polar surface area (TPSA) is 78.6 Å². The van der Waals surface area contributed by atoms with Gasteiger partial charge in [0.1, 0.15) is 12.9 Å². The Morgan fingerprint density at radius 1 is 1.14 bits per heavy atom. The Balaban J connectivity index is 2.08. The Bertz CT molecular complexity index is 650. The quantitative estimate of drug-likeness (QED) is 0.825. The second-order valence-electron chi connectivity index (χ2n) is 4.38. The summed E-state index contributed by atoms with van der Waals surface area (Å²) in [5.74, 6) is 0.573. The number of carbonyl (C=O) groups is 2. The van der Waals surface area contributed by atoms with Crippen molar-refractivity contribution in [1.82, 2.24) is 0 Å². The minimum absolute atomic E-state index is 0.315. The summed E-state index contributed by atoms with van der Waals surface area (Å²) in [5, 5.41) is 0. The van der Waals surface area contributed by atoms with Crippen molar-refractivity contribution in [1.29, 1.82) is 0 Å². The summed E-state index contributed by atoms with van der Waals surface area (Å²) in [6.07, 6.45) is 0.745. The smallest absolute Gasteiger partial charge is 0.248 e. The van der Waals surface area contributed by atoms with Gasteiger partial charge in [0.2, 0.25) is 5.91 Å². The van der Waals surface area contributed by atoms with E-state index < -0.39 is 5.91 Å². The van der Waals surface area contributed by atoms with Crippen LogP contribution in [0.5, 0.6) is 11.5 Å². The Morgan fingerprint density at radius 3 is 2.43 bits per heavy atom. The molecule has 0 spiro atoms. The number of ether oxygens (including phenoxy) is 2. The molecule has 0 heterocycles. The molecule has 0 fully saturated rings. The van der Waals surface area contributed by atoms with Crippen LogP contribution in [0.1, 0.15) is 26.3 Å². The first kappa shape index (κ1) is 14.6. The van der Waals surface area contributed by atoms with Crippen molar-refractivity contribution in [2.24, 2.45) is 5.73 Å². The summed E-state index contributed by atoms with van der Waals surface area (Å²) in [4.78, 5) is 21.7. The molecule has 0 bridgehead atoms. The number of benzene rings is 2. The number of primary amides is 1. The molecule has 2 aromatic carbocycles. The third-order valence-corrected chi connectivity index (χ3v) is 2.96. The van der Waals surface area contributed by atoms with Crippen LogP contribution in [0.15, 0.2) is 42.5 Å². The Hall–Kier alpha value is -2.82. The number of carbonyl (C=O) groups excluding carboxylic acids is 2. The molecule has 0 radical (unpaired) electrons. The summed E-state index contributed by atoms with van der Waals surface area (Å²) >= 11 is 0. The molecule has 0 atom stereocenters. The average Bonchev–Trinajstić information content (AvgIpc) is 2.53. The van der Waals surface area contributed by atoms with Gasteiger partial charge in [0.25, 0.3) is 0 Å². The first-order chi connectivity index (χ1) is 10.1. The highest BCUT2D eigenvalue weighted by atomic mass is 16.5. The minimum Gasteiger partial charge on any atom is -0.493 e. The second kappa shape index (κ2) is 6.56. The average molecular weight is 285 g/mol. The zero-order valence-corrected chi connectivity index (χ0v) is 11.5. The van der Waals surface area contributed by atoms with Crippen molar-refractivity contribution < 1.29 is 19.1 Å². The number of rotatable bonds is 6.